The van der Waals surface area contributed by atoms with Gasteiger partial charge in [0.15, 0.2) is 11.5 Å². The lowest BCUT2D eigenvalue weighted by Gasteiger charge is -2.09. The molecule has 1 fully saturated rings. The van der Waals surface area contributed by atoms with Crippen LogP contribution in [-0.4, -0.2) is 36.7 Å². The standard InChI is InChI=1S/C16H19N3O3/c1-2-14-15(22-10-21-14)5-12(1)16-13(8-18-19-16)7-17-6-11-3-4-20-9-11/h1-2,5,8,11,17H,3-4,6-7,9-10H2,(H,18,19)/t11-/m1/s1. The summed E-state index contributed by atoms with van der Waals surface area (Å²) in [6.45, 7) is 3.82. The minimum atomic E-state index is 0.291. The number of H-pyrrole nitrogens is 1. The lowest BCUT2D eigenvalue weighted by molar-refractivity contribution is 0.174. The van der Waals surface area contributed by atoms with Gasteiger partial charge in [0.05, 0.1) is 18.5 Å². The van der Waals surface area contributed by atoms with Crippen LogP contribution in [0, 0.1) is 5.92 Å². The van der Waals surface area contributed by atoms with Gasteiger partial charge in [0.25, 0.3) is 0 Å². The zero-order chi connectivity index (χ0) is 14.8. The predicted molar refractivity (Wildman–Crippen MR) is 80.8 cm³/mol. The Balaban J connectivity index is 1.45. The van der Waals surface area contributed by atoms with Crippen molar-refractivity contribution in [2.45, 2.75) is 13.0 Å². The quantitative estimate of drug-likeness (QED) is 0.883. The lowest BCUT2D eigenvalue weighted by Crippen LogP contribution is -2.22. The molecule has 22 heavy (non-hydrogen) atoms. The summed E-state index contributed by atoms with van der Waals surface area (Å²) in [5, 5.41) is 10.8. The SMILES string of the molecule is c1cc2c(cc1-c1[nH]ncc1CNC[C@H]1CCOC1)OCO2. The number of aromatic amines is 1. The number of nitrogens with zero attached hydrogens (tertiary/aromatic N) is 1. The van der Waals surface area contributed by atoms with E-state index in [9.17, 15) is 0 Å². The normalized spacial score (nSPS) is 19.7. The lowest BCUT2D eigenvalue weighted by atomic mass is 10.1. The molecule has 0 amide bonds. The molecule has 1 atom stereocenters. The Bertz CT molecular complexity index is 650. The molecule has 0 unspecified atom stereocenters. The molecule has 2 aromatic rings. The van der Waals surface area contributed by atoms with Crippen LogP contribution in [-0.2, 0) is 11.3 Å². The van der Waals surface area contributed by atoms with Gasteiger partial charge in [-0.25, -0.2) is 0 Å². The van der Waals surface area contributed by atoms with Gasteiger partial charge < -0.3 is 19.5 Å². The topological polar surface area (TPSA) is 68.4 Å². The van der Waals surface area contributed by atoms with Gasteiger partial charge in [0, 0.05) is 30.8 Å². The van der Waals surface area contributed by atoms with Crippen LogP contribution in [0.1, 0.15) is 12.0 Å². The number of rotatable bonds is 5. The Kier molecular flexibility index (Phi) is 3.70. The summed E-state index contributed by atoms with van der Waals surface area (Å²) in [5.41, 5.74) is 3.23. The molecule has 2 N–H and O–H groups in total. The Morgan fingerprint density at radius 2 is 2.23 bits per heavy atom. The third-order valence-corrected chi connectivity index (χ3v) is 4.15. The Morgan fingerprint density at radius 1 is 1.27 bits per heavy atom. The predicted octanol–water partition coefficient (Wildman–Crippen LogP) is 1.93. The van der Waals surface area contributed by atoms with Crippen molar-refractivity contribution >= 4 is 0 Å². The number of nitrogens with one attached hydrogen (secondary N) is 2. The smallest absolute Gasteiger partial charge is 0.231 e. The largest absolute Gasteiger partial charge is 0.454 e. The Hall–Kier alpha value is -2.05. The molecule has 0 bridgehead atoms. The molecule has 1 saturated heterocycles. The first-order valence-corrected chi connectivity index (χ1v) is 7.61. The van der Waals surface area contributed by atoms with E-state index < -0.39 is 0 Å². The molecule has 116 valence electrons. The van der Waals surface area contributed by atoms with Gasteiger partial charge >= 0.3 is 0 Å². The summed E-state index contributed by atoms with van der Waals surface area (Å²) < 4.78 is 16.2. The highest BCUT2D eigenvalue weighted by atomic mass is 16.7. The average molecular weight is 301 g/mol. The molecular weight excluding hydrogens is 282 g/mol. The molecule has 2 aliphatic rings. The maximum Gasteiger partial charge on any atom is 0.231 e. The van der Waals surface area contributed by atoms with Crippen molar-refractivity contribution in [1.82, 2.24) is 15.5 Å². The first kappa shape index (κ1) is 13.6. The molecule has 1 aromatic carbocycles. The van der Waals surface area contributed by atoms with Crippen molar-refractivity contribution in [1.29, 1.82) is 0 Å². The molecular formula is C16H19N3O3. The van der Waals surface area contributed by atoms with Gasteiger partial charge in [-0.15, -0.1) is 0 Å². The third kappa shape index (κ3) is 2.67. The minimum absolute atomic E-state index is 0.291. The molecule has 1 aromatic heterocycles. The van der Waals surface area contributed by atoms with E-state index >= 15 is 0 Å². The minimum Gasteiger partial charge on any atom is -0.454 e. The van der Waals surface area contributed by atoms with E-state index in [4.69, 9.17) is 14.2 Å². The number of fused-ring (bicyclic) bond motifs is 1. The number of ether oxygens (including phenoxy) is 3. The zero-order valence-corrected chi connectivity index (χ0v) is 12.3. The van der Waals surface area contributed by atoms with Crippen molar-refractivity contribution in [2.75, 3.05) is 26.6 Å². The van der Waals surface area contributed by atoms with Crippen LogP contribution in [0.3, 0.4) is 0 Å². The fourth-order valence-electron chi connectivity index (χ4n) is 2.90. The average Bonchev–Trinajstić information content (AvgIpc) is 3.28. The van der Waals surface area contributed by atoms with Crippen LogP contribution in [0.15, 0.2) is 24.4 Å². The Labute approximate surface area is 128 Å². The van der Waals surface area contributed by atoms with Crippen LogP contribution < -0.4 is 14.8 Å². The van der Waals surface area contributed by atoms with E-state index in [-0.39, 0.29) is 0 Å². The van der Waals surface area contributed by atoms with Gasteiger partial charge in [-0.2, -0.15) is 5.10 Å². The maximum absolute atomic E-state index is 5.44. The highest BCUT2D eigenvalue weighted by Crippen LogP contribution is 2.36. The van der Waals surface area contributed by atoms with Crippen molar-refractivity contribution in [3.63, 3.8) is 0 Å². The van der Waals surface area contributed by atoms with Gasteiger partial charge in [-0.05, 0) is 30.5 Å². The van der Waals surface area contributed by atoms with E-state index in [1.54, 1.807) is 0 Å². The highest BCUT2D eigenvalue weighted by molar-refractivity contribution is 5.66. The van der Waals surface area contributed by atoms with Crippen LogP contribution in [0.25, 0.3) is 11.3 Å². The van der Waals surface area contributed by atoms with E-state index in [0.717, 1.165) is 61.0 Å². The fourth-order valence-corrected chi connectivity index (χ4v) is 2.90. The zero-order valence-electron chi connectivity index (χ0n) is 12.3. The van der Waals surface area contributed by atoms with E-state index in [0.29, 0.717) is 12.7 Å². The second kappa shape index (κ2) is 5.98. The molecule has 6 heteroatoms. The monoisotopic (exact) mass is 301 g/mol. The molecule has 0 aliphatic carbocycles. The second-order valence-corrected chi connectivity index (χ2v) is 5.70. The highest BCUT2D eigenvalue weighted by Gasteiger charge is 2.17. The first-order chi connectivity index (χ1) is 10.9. The summed E-state index contributed by atoms with van der Waals surface area (Å²) >= 11 is 0. The summed E-state index contributed by atoms with van der Waals surface area (Å²) in [6.07, 6.45) is 3.02. The van der Waals surface area contributed by atoms with Crippen LogP contribution in [0.4, 0.5) is 0 Å². The number of hydrogen-bond acceptors (Lipinski definition) is 5. The molecule has 3 heterocycles. The molecule has 0 saturated carbocycles. The van der Waals surface area contributed by atoms with Crippen molar-refractivity contribution in [3.8, 4) is 22.8 Å². The van der Waals surface area contributed by atoms with Gasteiger partial charge in [0.1, 0.15) is 0 Å². The van der Waals surface area contributed by atoms with Crippen LogP contribution in [0.5, 0.6) is 11.5 Å². The number of aromatic nitrogens is 2. The molecule has 0 spiro atoms. The molecule has 2 aliphatic heterocycles. The van der Waals surface area contributed by atoms with E-state index in [1.165, 1.54) is 0 Å². The first-order valence-electron chi connectivity index (χ1n) is 7.61. The van der Waals surface area contributed by atoms with E-state index in [1.807, 2.05) is 24.4 Å². The maximum atomic E-state index is 5.44. The molecule has 4 rings (SSSR count). The molecule has 6 nitrogen and oxygen atoms in total. The van der Waals surface area contributed by atoms with Gasteiger partial charge in [0.2, 0.25) is 6.79 Å². The summed E-state index contributed by atoms with van der Waals surface area (Å²) in [4.78, 5) is 0. The molecule has 0 radical (unpaired) electrons. The number of benzene rings is 1. The second-order valence-electron chi connectivity index (χ2n) is 5.70. The van der Waals surface area contributed by atoms with Crippen LogP contribution in [0.2, 0.25) is 0 Å². The Morgan fingerprint density at radius 3 is 3.14 bits per heavy atom. The van der Waals surface area contributed by atoms with Crippen LogP contribution >= 0.6 is 0 Å². The fraction of sp³-hybridized carbons (Fsp3) is 0.438. The summed E-state index contributed by atoms with van der Waals surface area (Å²) in [6, 6.07) is 5.95. The van der Waals surface area contributed by atoms with Gasteiger partial charge in [-0.3, -0.25) is 5.10 Å². The third-order valence-electron chi connectivity index (χ3n) is 4.15. The van der Waals surface area contributed by atoms with Gasteiger partial charge in [-0.1, -0.05) is 0 Å². The van der Waals surface area contributed by atoms with Crippen molar-refractivity contribution < 1.29 is 14.2 Å². The van der Waals surface area contributed by atoms with Crippen molar-refractivity contribution in [3.05, 3.63) is 30.0 Å². The summed E-state index contributed by atoms with van der Waals surface area (Å²) in [5.74, 6) is 2.21. The summed E-state index contributed by atoms with van der Waals surface area (Å²) in [7, 11) is 0. The van der Waals surface area contributed by atoms with Crippen molar-refractivity contribution in [2.24, 2.45) is 5.92 Å². The number of hydrogen-bond donors (Lipinski definition) is 2. The van der Waals surface area contributed by atoms with E-state index in [2.05, 4.69) is 15.5 Å².